The van der Waals surface area contributed by atoms with Crippen LogP contribution in [0.2, 0.25) is 5.02 Å². The molecule has 0 radical (unpaired) electrons. The molecule has 0 saturated heterocycles. The zero-order valence-electron chi connectivity index (χ0n) is 17.8. The number of hydrogen-bond acceptors (Lipinski definition) is 5. The van der Waals surface area contributed by atoms with Gasteiger partial charge in [-0.05, 0) is 35.1 Å². The Kier molecular flexibility index (Phi) is 6.22. The van der Waals surface area contributed by atoms with E-state index in [4.69, 9.17) is 20.8 Å². The monoisotopic (exact) mass is 428 g/mol. The van der Waals surface area contributed by atoms with Crippen LogP contribution < -0.4 is 10.4 Å². The Balaban J connectivity index is 1.87. The van der Waals surface area contributed by atoms with Gasteiger partial charge in [-0.3, -0.25) is 4.79 Å². The maximum atomic E-state index is 12.3. The van der Waals surface area contributed by atoms with Gasteiger partial charge in [0, 0.05) is 11.5 Å². The highest BCUT2D eigenvalue weighted by Gasteiger charge is 2.17. The number of carbonyl (C=O) groups is 1. The van der Waals surface area contributed by atoms with Gasteiger partial charge in [-0.15, -0.1) is 0 Å². The van der Waals surface area contributed by atoms with Crippen LogP contribution in [0.1, 0.15) is 43.0 Å². The average molecular weight is 429 g/mol. The topological polar surface area (TPSA) is 65.7 Å². The fourth-order valence-corrected chi connectivity index (χ4v) is 3.40. The highest BCUT2D eigenvalue weighted by Crippen LogP contribution is 2.32. The second-order valence-electron chi connectivity index (χ2n) is 8.26. The molecular weight excluding hydrogens is 404 g/mol. The maximum absolute atomic E-state index is 12.3. The molecule has 0 fully saturated rings. The van der Waals surface area contributed by atoms with Gasteiger partial charge in [0.05, 0.1) is 24.1 Å². The smallest absolute Gasteiger partial charge is 0.340 e. The number of halogens is 1. The minimum absolute atomic E-state index is 0.0865. The van der Waals surface area contributed by atoms with Crippen LogP contribution in [0.15, 0.2) is 45.6 Å². The van der Waals surface area contributed by atoms with E-state index in [2.05, 4.69) is 37.6 Å². The van der Waals surface area contributed by atoms with Gasteiger partial charge in [0.25, 0.3) is 0 Å². The van der Waals surface area contributed by atoms with Crippen molar-refractivity contribution in [2.24, 2.45) is 0 Å². The lowest BCUT2D eigenvalue weighted by molar-refractivity contribution is -0.139. The Hall–Kier alpha value is -2.79. The van der Waals surface area contributed by atoms with Crippen molar-refractivity contribution >= 4 is 28.5 Å². The minimum Gasteiger partial charge on any atom is -0.487 e. The highest BCUT2D eigenvalue weighted by atomic mass is 35.5. The van der Waals surface area contributed by atoms with E-state index in [9.17, 15) is 9.59 Å². The molecule has 1 aromatic heterocycles. The van der Waals surface area contributed by atoms with Crippen LogP contribution in [0.3, 0.4) is 0 Å². The molecule has 0 N–H and O–H groups in total. The number of rotatable bonds is 5. The van der Waals surface area contributed by atoms with E-state index in [0.717, 1.165) is 5.56 Å². The van der Waals surface area contributed by atoms with E-state index >= 15 is 0 Å². The lowest BCUT2D eigenvalue weighted by Crippen LogP contribution is -2.16. The largest absolute Gasteiger partial charge is 0.487 e. The van der Waals surface area contributed by atoms with Crippen LogP contribution in [-0.4, -0.2) is 13.1 Å². The highest BCUT2D eigenvalue weighted by molar-refractivity contribution is 6.32. The van der Waals surface area contributed by atoms with Crippen molar-refractivity contribution in [2.75, 3.05) is 7.11 Å². The first-order valence-electron chi connectivity index (χ1n) is 9.65. The summed E-state index contributed by atoms with van der Waals surface area (Å²) in [5, 5.41) is 1.05. The normalized spacial score (nSPS) is 11.5. The molecule has 0 unspecified atom stereocenters. The second kappa shape index (κ2) is 8.52. The molecule has 0 aliphatic carbocycles. The molecule has 2 aromatic carbocycles. The predicted octanol–water partition coefficient (Wildman–Crippen LogP) is 5.35. The van der Waals surface area contributed by atoms with Gasteiger partial charge >= 0.3 is 11.6 Å². The molecule has 30 heavy (non-hydrogen) atoms. The van der Waals surface area contributed by atoms with E-state index in [1.54, 1.807) is 19.1 Å². The van der Waals surface area contributed by atoms with E-state index in [0.29, 0.717) is 33.9 Å². The summed E-state index contributed by atoms with van der Waals surface area (Å²) >= 11 is 6.42. The van der Waals surface area contributed by atoms with Crippen LogP contribution in [0.4, 0.5) is 0 Å². The molecule has 0 bridgehead atoms. The fraction of sp³-hybridized carbons (Fsp3) is 0.333. The quantitative estimate of drug-likeness (QED) is 0.405. The predicted molar refractivity (Wildman–Crippen MR) is 117 cm³/mol. The maximum Gasteiger partial charge on any atom is 0.340 e. The molecule has 158 valence electrons. The summed E-state index contributed by atoms with van der Waals surface area (Å²) < 4.78 is 16.0. The van der Waals surface area contributed by atoms with Gasteiger partial charge in [-0.2, -0.15) is 0 Å². The number of esters is 1. The molecule has 0 aliphatic rings. The minimum atomic E-state index is -0.573. The summed E-state index contributed by atoms with van der Waals surface area (Å²) in [6.07, 6.45) is -0.152. The van der Waals surface area contributed by atoms with Crippen molar-refractivity contribution in [3.05, 3.63) is 74.1 Å². The molecule has 0 aliphatic heterocycles. The summed E-state index contributed by atoms with van der Waals surface area (Å²) in [5.74, 6) is -0.0828. The van der Waals surface area contributed by atoms with Gasteiger partial charge in [-0.25, -0.2) is 4.79 Å². The van der Waals surface area contributed by atoms with Crippen molar-refractivity contribution in [1.29, 1.82) is 0 Å². The van der Waals surface area contributed by atoms with Crippen LogP contribution >= 0.6 is 11.6 Å². The Morgan fingerprint density at radius 3 is 2.40 bits per heavy atom. The van der Waals surface area contributed by atoms with Crippen molar-refractivity contribution in [3.8, 4) is 5.75 Å². The number of ether oxygens (including phenoxy) is 2. The summed E-state index contributed by atoms with van der Waals surface area (Å²) in [5.41, 5.74) is 3.02. The summed E-state index contributed by atoms with van der Waals surface area (Å²) in [6, 6.07) is 11.5. The molecule has 3 aromatic rings. The number of benzene rings is 2. The summed E-state index contributed by atoms with van der Waals surface area (Å²) in [6.45, 7) is 8.59. The van der Waals surface area contributed by atoms with Crippen LogP contribution in [-0.2, 0) is 28.0 Å². The van der Waals surface area contributed by atoms with Crippen LogP contribution in [0.5, 0.6) is 5.75 Å². The van der Waals surface area contributed by atoms with E-state index < -0.39 is 11.6 Å². The number of aryl methyl sites for hydroxylation is 1. The first kappa shape index (κ1) is 21.9. The molecule has 0 saturated carbocycles. The molecule has 0 amide bonds. The van der Waals surface area contributed by atoms with Crippen molar-refractivity contribution in [3.63, 3.8) is 0 Å². The van der Waals surface area contributed by atoms with Gasteiger partial charge < -0.3 is 13.9 Å². The first-order valence-corrected chi connectivity index (χ1v) is 10.0. The molecule has 1 heterocycles. The molecule has 6 heteroatoms. The van der Waals surface area contributed by atoms with Crippen molar-refractivity contribution in [1.82, 2.24) is 0 Å². The van der Waals surface area contributed by atoms with Gasteiger partial charge in [-0.1, -0.05) is 56.6 Å². The Bertz CT molecular complexity index is 1140. The molecular formula is C24H25ClO5. The lowest BCUT2D eigenvalue weighted by atomic mass is 9.87. The molecule has 0 spiro atoms. The van der Waals surface area contributed by atoms with Gasteiger partial charge in [0.1, 0.15) is 17.9 Å². The molecule has 3 rings (SSSR count). The molecule has 5 nitrogen and oxygen atoms in total. The van der Waals surface area contributed by atoms with E-state index in [1.165, 1.54) is 12.7 Å². The summed E-state index contributed by atoms with van der Waals surface area (Å²) in [4.78, 5) is 23.9. The third-order valence-electron chi connectivity index (χ3n) is 5.10. The number of methoxy groups -OCH3 is 1. The number of hydrogen-bond donors (Lipinski definition) is 0. The number of carbonyl (C=O) groups excluding carboxylic acids is 1. The Morgan fingerprint density at radius 1 is 1.13 bits per heavy atom. The fourth-order valence-electron chi connectivity index (χ4n) is 3.18. The Morgan fingerprint density at radius 2 is 1.80 bits per heavy atom. The van der Waals surface area contributed by atoms with Crippen molar-refractivity contribution < 1.29 is 18.7 Å². The van der Waals surface area contributed by atoms with Gasteiger partial charge in [0.2, 0.25) is 0 Å². The zero-order chi connectivity index (χ0) is 22.1. The summed E-state index contributed by atoms with van der Waals surface area (Å²) in [7, 11) is 1.28. The number of fused-ring (bicyclic) bond motifs is 1. The van der Waals surface area contributed by atoms with Gasteiger partial charge in [0.15, 0.2) is 0 Å². The lowest BCUT2D eigenvalue weighted by Gasteiger charge is -2.19. The Labute approximate surface area is 180 Å². The SMILES string of the molecule is COC(=O)Cc1c(C)c2cc(Cl)c(OCc3ccc(C(C)(C)C)cc3)cc2oc1=O. The van der Waals surface area contributed by atoms with E-state index in [-0.39, 0.29) is 17.4 Å². The standard InChI is InChI=1S/C24H25ClO5/c1-14-17-10-19(25)21(12-20(17)30-23(27)18(14)11-22(26)28-5)29-13-15-6-8-16(9-7-15)24(2,3)4/h6-10,12H,11,13H2,1-5H3. The third kappa shape index (κ3) is 4.68. The first-order chi connectivity index (χ1) is 14.1. The van der Waals surface area contributed by atoms with Crippen molar-refractivity contribution in [2.45, 2.75) is 46.1 Å². The average Bonchev–Trinajstić information content (AvgIpc) is 2.70. The van der Waals surface area contributed by atoms with E-state index in [1.807, 2.05) is 12.1 Å². The van der Waals surface area contributed by atoms with Crippen LogP contribution in [0, 0.1) is 6.92 Å². The zero-order valence-corrected chi connectivity index (χ0v) is 18.6. The van der Waals surface area contributed by atoms with Crippen LogP contribution in [0.25, 0.3) is 11.0 Å². The second-order valence-corrected chi connectivity index (χ2v) is 8.67. The molecule has 0 atom stereocenters. The third-order valence-corrected chi connectivity index (χ3v) is 5.40.